The summed E-state index contributed by atoms with van der Waals surface area (Å²) in [5.74, 6) is -1.06. The molecule has 3 aromatic rings. The molecule has 0 aliphatic carbocycles. The predicted molar refractivity (Wildman–Crippen MR) is 96.0 cm³/mol. The van der Waals surface area contributed by atoms with Gasteiger partial charge in [-0.25, -0.2) is 9.07 Å². The highest BCUT2D eigenvalue weighted by molar-refractivity contribution is 6.05. The van der Waals surface area contributed by atoms with Crippen LogP contribution in [0.15, 0.2) is 54.7 Å². The van der Waals surface area contributed by atoms with E-state index in [0.29, 0.717) is 22.5 Å². The van der Waals surface area contributed by atoms with E-state index in [-0.39, 0.29) is 17.5 Å². The summed E-state index contributed by atoms with van der Waals surface area (Å²) < 4.78 is 15.3. The minimum Gasteiger partial charge on any atom is -0.355 e. The van der Waals surface area contributed by atoms with Crippen molar-refractivity contribution < 1.29 is 14.0 Å². The van der Waals surface area contributed by atoms with Crippen LogP contribution in [-0.2, 0) is 0 Å². The number of hydrogen-bond donors (Lipinski definition) is 2. The molecule has 0 bridgehead atoms. The maximum atomic E-state index is 14.0. The fourth-order valence-electron chi connectivity index (χ4n) is 2.58. The Morgan fingerprint density at radius 1 is 1.08 bits per heavy atom. The third-order valence-corrected chi connectivity index (χ3v) is 3.94. The predicted octanol–water partition coefficient (Wildman–Crippen LogP) is 2.93. The summed E-state index contributed by atoms with van der Waals surface area (Å²) >= 11 is 0. The Bertz CT molecular complexity index is 981. The number of amides is 2. The molecule has 0 saturated carbocycles. The minimum atomic E-state index is -0.427. The maximum absolute atomic E-state index is 14.0. The molecule has 1 heterocycles. The van der Waals surface area contributed by atoms with Crippen LogP contribution in [0.2, 0.25) is 0 Å². The van der Waals surface area contributed by atoms with Crippen molar-refractivity contribution in [3.8, 4) is 5.69 Å². The first kappa shape index (κ1) is 17.3. The number of aromatic nitrogens is 2. The highest BCUT2D eigenvalue weighted by atomic mass is 19.1. The van der Waals surface area contributed by atoms with Crippen LogP contribution in [0.25, 0.3) is 5.69 Å². The lowest BCUT2D eigenvalue weighted by atomic mass is 10.1. The van der Waals surface area contributed by atoms with Crippen molar-refractivity contribution in [3.63, 3.8) is 0 Å². The molecule has 7 heteroatoms. The van der Waals surface area contributed by atoms with Gasteiger partial charge in [-0.05, 0) is 37.3 Å². The molecule has 0 radical (unpaired) electrons. The third-order valence-electron chi connectivity index (χ3n) is 3.94. The molecule has 0 atom stereocenters. The Labute approximate surface area is 149 Å². The molecule has 6 nitrogen and oxygen atoms in total. The summed E-state index contributed by atoms with van der Waals surface area (Å²) in [4.78, 5) is 24.3. The zero-order valence-corrected chi connectivity index (χ0v) is 14.3. The number of carbonyl (C=O) groups is 2. The van der Waals surface area contributed by atoms with E-state index in [9.17, 15) is 14.0 Å². The SMILES string of the molecule is CNC(=O)c1cccc(NC(=O)c2cnn(-c3ccccc3F)c2C)c1. The Morgan fingerprint density at radius 2 is 1.85 bits per heavy atom. The average molecular weight is 352 g/mol. The van der Waals surface area contributed by atoms with Crippen molar-refractivity contribution in [2.75, 3.05) is 12.4 Å². The number of halogens is 1. The van der Waals surface area contributed by atoms with Crippen LogP contribution in [0.3, 0.4) is 0 Å². The Morgan fingerprint density at radius 3 is 2.58 bits per heavy atom. The third kappa shape index (κ3) is 3.32. The Balaban J connectivity index is 1.86. The average Bonchev–Trinajstić information content (AvgIpc) is 3.03. The summed E-state index contributed by atoms with van der Waals surface area (Å²) in [5.41, 5.74) is 2.01. The van der Waals surface area contributed by atoms with Gasteiger partial charge < -0.3 is 10.6 Å². The molecule has 3 rings (SSSR count). The number of para-hydroxylation sites is 1. The van der Waals surface area contributed by atoms with Crippen molar-refractivity contribution in [1.82, 2.24) is 15.1 Å². The van der Waals surface area contributed by atoms with Crippen molar-refractivity contribution in [3.05, 3.63) is 77.4 Å². The second-order valence-electron chi connectivity index (χ2n) is 5.62. The van der Waals surface area contributed by atoms with Gasteiger partial charge in [-0.2, -0.15) is 5.10 Å². The van der Waals surface area contributed by atoms with Crippen LogP contribution in [0.5, 0.6) is 0 Å². The second kappa shape index (κ2) is 7.18. The summed E-state index contributed by atoms with van der Waals surface area (Å²) in [6.45, 7) is 1.69. The molecule has 1 aromatic heterocycles. The highest BCUT2D eigenvalue weighted by Crippen LogP contribution is 2.18. The van der Waals surface area contributed by atoms with Gasteiger partial charge in [0.05, 0.1) is 17.5 Å². The molecule has 2 N–H and O–H groups in total. The smallest absolute Gasteiger partial charge is 0.259 e. The number of rotatable bonds is 4. The molecule has 0 unspecified atom stereocenters. The van der Waals surface area contributed by atoms with Crippen molar-refractivity contribution in [2.45, 2.75) is 6.92 Å². The van der Waals surface area contributed by atoms with Gasteiger partial charge in [-0.15, -0.1) is 0 Å². The van der Waals surface area contributed by atoms with Crippen LogP contribution in [0, 0.1) is 12.7 Å². The first-order valence-corrected chi connectivity index (χ1v) is 7.94. The summed E-state index contributed by atoms with van der Waals surface area (Å²) in [7, 11) is 1.54. The highest BCUT2D eigenvalue weighted by Gasteiger charge is 2.17. The lowest BCUT2D eigenvalue weighted by molar-refractivity contribution is 0.0961. The van der Waals surface area contributed by atoms with Gasteiger partial charge in [-0.1, -0.05) is 18.2 Å². The minimum absolute atomic E-state index is 0.246. The van der Waals surface area contributed by atoms with Gasteiger partial charge in [0.25, 0.3) is 11.8 Å². The van der Waals surface area contributed by atoms with E-state index in [1.165, 1.54) is 24.0 Å². The van der Waals surface area contributed by atoms with Crippen LogP contribution in [-0.4, -0.2) is 28.6 Å². The van der Waals surface area contributed by atoms with E-state index in [2.05, 4.69) is 15.7 Å². The quantitative estimate of drug-likeness (QED) is 0.758. The van der Waals surface area contributed by atoms with Crippen LogP contribution >= 0.6 is 0 Å². The number of anilines is 1. The lowest BCUT2D eigenvalue weighted by Crippen LogP contribution is -2.18. The van der Waals surface area contributed by atoms with E-state index in [1.807, 2.05) is 0 Å². The van der Waals surface area contributed by atoms with E-state index >= 15 is 0 Å². The standard InChI is InChI=1S/C19H17FN4O2/c1-12-15(11-22-24(12)17-9-4-3-8-16(17)20)19(26)23-14-7-5-6-13(10-14)18(25)21-2/h3-11H,1-2H3,(H,21,25)(H,23,26). The lowest BCUT2D eigenvalue weighted by Gasteiger charge is -2.08. The van der Waals surface area contributed by atoms with Crippen LogP contribution in [0.1, 0.15) is 26.4 Å². The molecule has 0 aliphatic rings. The van der Waals surface area contributed by atoms with Gasteiger partial charge >= 0.3 is 0 Å². The van der Waals surface area contributed by atoms with Crippen LogP contribution in [0.4, 0.5) is 10.1 Å². The number of benzene rings is 2. The second-order valence-corrected chi connectivity index (χ2v) is 5.62. The summed E-state index contributed by atoms with van der Waals surface area (Å²) in [5, 5.41) is 9.38. The molecule has 0 aliphatic heterocycles. The molecule has 0 spiro atoms. The molecule has 0 fully saturated rings. The van der Waals surface area contributed by atoms with Crippen molar-refractivity contribution in [1.29, 1.82) is 0 Å². The number of carbonyl (C=O) groups excluding carboxylic acids is 2. The fourth-order valence-corrected chi connectivity index (χ4v) is 2.58. The first-order chi connectivity index (χ1) is 12.5. The number of hydrogen-bond acceptors (Lipinski definition) is 3. The maximum Gasteiger partial charge on any atom is 0.259 e. The number of nitrogens with zero attached hydrogens (tertiary/aromatic N) is 2. The van der Waals surface area contributed by atoms with E-state index < -0.39 is 5.82 Å². The number of nitrogens with one attached hydrogen (secondary N) is 2. The van der Waals surface area contributed by atoms with Crippen molar-refractivity contribution >= 4 is 17.5 Å². The summed E-state index contributed by atoms with van der Waals surface area (Å²) in [6, 6.07) is 12.8. The normalized spacial score (nSPS) is 10.4. The Kier molecular flexibility index (Phi) is 4.79. The topological polar surface area (TPSA) is 76.0 Å². The van der Waals surface area contributed by atoms with Gasteiger partial charge in [0.1, 0.15) is 11.5 Å². The van der Waals surface area contributed by atoms with Gasteiger partial charge in [0.2, 0.25) is 0 Å². The molecule has 0 saturated heterocycles. The first-order valence-electron chi connectivity index (χ1n) is 7.94. The fraction of sp³-hybridized carbons (Fsp3) is 0.105. The van der Waals surface area contributed by atoms with E-state index in [4.69, 9.17) is 0 Å². The van der Waals surface area contributed by atoms with Gasteiger partial charge in [-0.3, -0.25) is 9.59 Å². The largest absolute Gasteiger partial charge is 0.355 e. The molecule has 2 amide bonds. The van der Waals surface area contributed by atoms with E-state index in [1.54, 1.807) is 49.4 Å². The van der Waals surface area contributed by atoms with Gasteiger partial charge in [0.15, 0.2) is 0 Å². The molecule has 132 valence electrons. The monoisotopic (exact) mass is 352 g/mol. The molecular formula is C19H17FN4O2. The Hall–Kier alpha value is -3.48. The van der Waals surface area contributed by atoms with Gasteiger partial charge in [0, 0.05) is 18.3 Å². The molecular weight excluding hydrogens is 335 g/mol. The van der Waals surface area contributed by atoms with E-state index in [0.717, 1.165) is 0 Å². The molecule has 26 heavy (non-hydrogen) atoms. The zero-order chi connectivity index (χ0) is 18.7. The zero-order valence-electron chi connectivity index (χ0n) is 14.3. The van der Waals surface area contributed by atoms with Crippen molar-refractivity contribution in [2.24, 2.45) is 0 Å². The van der Waals surface area contributed by atoms with Crippen LogP contribution < -0.4 is 10.6 Å². The molecule has 2 aromatic carbocycles. The summed E-state index contributed by atoms with van der Waals surface area (Å²) in [6.07, 6.45) is 1.39.